The minimum Gasteiger partial charge on any atom is -0.352 e. The molecule has 1 aliphatic heterocycles. The number of nitrogens with two attached hydrogens (primary N) is 1. The zero-order valence-corrected chi connectivity index (χ0v) is 14.8. The van der Waals surface area contributed by atoms with Crippen LogP contribution in [0.5, 0.6) is 0 Å². The van der Waals surface area contributed by atoms with Crippen molar-refractivity contribution in [2.45, 2.75) is 32.4 Å². The molecular weight excluding hydrogens is 332 g/mol. The molecule has 8 heteroatoms. The lowest BCUT2D eigenvalue weighted by molar-refractivity contribution is -0.131. The van der Waals surface area contributed by atoms with E-state index in [1.165, 1.54) is 13.3 Å². The van der Waals surface area contributed by atoms with Crippen LogP contribution in [0.2, 0.25) is 0 Å². The number of hydrogen-bond donors (Lipinski definition) is 2. The Kier molecular flexibility index (Phi) is 5.62. The molecule has 138 valence electrons. The number of nitrogens with one attached hydrogen (secondary N) is 1. The van der Waals surface area contributed by atoms with Gasteiger partial charge in [0.1, 0.15) is 12.7 Å². The van der Waals surface area contributed by atoms with Crippen LogP contribution in [0.3, 0.4) is 0 Å². The Labute approximate surface area is 152 Å². The highest BCUT2D eigenvalue weighted by atomic mass is 16.2. The smallest absolute Gasteiger partial charge is 0.225 e. The third kappa shape index (κ3) is 4.45. The third-order valence-electron chi connectivity index (χ3n) is 4.68. The second-order valence-electron chi connectivity index (χ2n) is 6.68. The molecule has 1 aromatic carbocycles. The molecule has 3 rings (SSSR count). The second kappa shape index (κ2) is 8.09. The molecule has 3 N–H and O–H groups in total. The van der Waals surface area contributed by atoms with E-state index in [0.29, 0.717) is 26.1 Å². The van der Waals surface area contributed by atoms with E-state index in [1.807, 2.05) is 24.3 Å². The van der Waals surface area contributed by atoms with Crippen molar-refractivity contribution in [3.8, 4) is 5.69 Å². The average molecular weight is 356 g/mol. The zero-order valence-electron chi connectivity index (χ0n) is 14.8. The summed E-state index contributed by atoms with van der Waals surface area (Å²) < 4.78 is 1.67. The summed E-state index contributed by atoms with van der Waals surface area (Å²) in [7, 11) is 0. The van der Waals surface area contributed by atoms with Gasteiger partial charge in [-0.3, -0.25) is 9.59 Å². The van der Waals surface area contributed by atoms with Crippen molar-refractivity contribution in [1.29, 1.82) is 0 Å². The van der Waals surface area contributed by atoms with E-state index in [1.54, 1.807) is 15.9 Å². The van der Waals surface area contributed by atoms with E-state index < -0.39 is 0 Å². The van der Waals surface area contributed by atoms with Crippen molar-refractivity contribution >= 4 is 11.8 Å². The van der Waals surface area contributed by atoms with Gasteiger partial charge in [0.2, 0.25) is 11.8 Å². The quantitative estimate of drug-likeness (QED) is 0.828. The molecule has 0 aliphatic carbocycles. The van der Waals surface area contributed by atoms with Gasteiger partial charge in [-0.05, 0) is 30.5 Å². The van der Waals surface area contributed by atoms with Gasteiger partial charge in [-0.25, -0.2) is 9.67 Å². The molecular formula is C18H24N6O2. The summed E-state index contributed by atoms with van der Waals surface area (Å²) in [6.07, 6.45) is 4.56. The molecule has 1 aromatic heterocycles. The maximum Gasteiger partial charge on any atom is 0.225 e. The number of amides is 2. The molecule has 0 unspecified atom stereocenters. The SMILES string of the molecule is CC(=O)N1C[C@@H](N)CC[C@@H](C(=O)NCc2ccc(-n3cncn3)cc2)C1. The van der Waals surface area contributed by atoms with Crippen molar-refractivity contribution in [3.63, 3.8) is 0 Å². The van der Waals surface area contributed by atoms with Crippen LogP contribution in [0.25, 0.3) is 5.69 Å². The fourth-order valence-electron chi connectivity index (χ4n) is 3.13. The summed E-state index contributed by atoms with van der Waals surface area (Å²) in [5.41, 5.74) is 7.91. The van der Waals surface area contributed by atoms with Crippen molar-refractivity contribution in [3.05, 3.63) is 42.5 Å². The van der Waals surface area contributed by atoms with Crippen LogP contribution in [0, 0.1) is 5.92 Å². The first-order valence-corrected chi connectivity index (χ1v) is 8.75. The predicted molar refractivity (Wildman–Crippen MR) is 96.2 cm³/mol. The van der Waals surface area contributed by atoms with E-state index in [9.17, 15) is 9.59 Å². The predicted octanol–water partition coefficient (Wildman–Crippen LogP) is 0.469. The molecule has 0 spiro atoms. The summed E-state index contributed by atoms with van der Waals surface area (Å²) in [6.45, 7) is 2.91. The van der Waals surface area contributed by atoms with E-state index >= 15 is 0 Å². The van der Waals surface area contributed by atoms with E-state index in [-0.39, 0.29) is 23.8 Å². The Morgan fingerprint density at radius 1 is 1.23 bits per heavy atom. The molecule has 2 heterocycles. The number of carbonyl (C=O) groups excluding carboxylic acids is 2. The largest absolute Gasteiger partial charge is 0.352 e. The summed E-state index contributed by atoms with van der Waals surface area (Å²) in [5.74, 6) is -0.295. The van der Waals surface area contributed by atoms with Crippen molar-refractivity contribution in [2.75, 3.05) is 13.1 Å². The highest BCUT2D eigenvalue weighted by Gasteiger charge is 2.28. The van der Waals surface area contributed by atoms with Gasteiger partial charge in [0.25, 0.3) is 0 Å². The van der Waals surface area contributed by atoms with Gasteiger partial charge in [-0.2, -0.15) is 5.10 Å². The summed E-state index contributed by atoms with van der Waals surface area (Å²) in [4.78, 5) is 29.8. The van der Waals surface area contributed by atoms with Crippen LogP contribution in [0.1, 0.15) is 25.3 Å². The van der Waals surface area contributed by atoms with Gasteiger partial charge >= 0.3 is 0 Å². The average Bonchev–Trinajstić information content (AvgIpc) is 3.09. The number of rotatable bonds is 4. The number of nitrogens with zero attached hydrogens (tertiary/aromatic N) is 4. The number of aromatic nitrogens is 3. The maximum atomic E-state index is 12.5. The molecule has 0 radical (unpaired) electrons. The summed E-state index contributed by atoms with van der Waals surface area (Å²) >= 11 is 0. The molecule has 0 bridgehead atoms. The molecule has 1 aliphatic rings. The van der Waals surface area contributed by atoms with Gasteiger partial charge in [-0.1, -0.05) is 12.1 Å². The van der Waals surface area contributed by atoms with Gasteiger partial charge in [0.15, 0.2) is 0 Å². The molecule has 2 aromatic rings. The summed E-state index contributed by atoms with van der Waals surface area (Å²) in [6, 6.07) is 7.68. The van der Waals surface area contributed by atoms with Crippen LogP contribution in [0.15, 0.2) is 36.9 Å². The van der Waals surface area contributed by atoms with Crippen molar-refractivity contribution in [2.24, 2.45) is 11.7 Å². The topological polar surface area (TPSA) is 106 Å². The van der Waals surface area contributed by atoms with Crippen LogP contribution < -0.4 is 11.1 Å². The van der Waals surface area contributed by atoms with Crippen molar-refractivity contribution in [1.82, 2.24) is 25.0 Å². The maximum absolute atomic E-state index is 12.5. The number of carbonyl (C=O) groups is 2. The van der Waals surface area contributed by atoms with Crippen LogP contribution in [-0.2, 0) is 16.1 Å². The number of benzene rings is 1. The first-order chi connectivity index (χ1) is 12.5. The lowest BCUT2D eigenvalue weighted by Crippen LogP contribution is -2.42. The standard InChI is InChI=1S/C18H24N6O2/c1-13(25)23-9-15(4-5-16(19)10-23)18(26)21-8-14-2-6-17(7-3-14)24-12-20-11-22-24/h2-3,6-7,11-12,15-16H,4-5,8-10,19H2,1H3,(H,21,26)/t15-,16+/m1/s1. The Bertz CT molecular complexity index is 744. The molecule has 0 saturated carbocycles. The number of hydrogen-bond acceptors (Lipinski definition) is 5. The highest BCUT2D eigenvalue weighted by Crippen LogP contribution is 2.17. The van der Waals surface area contributed by atoms with E-state index in [2.05, 4.69) is 15.4 Å². The molecule has 26 heavy (non-hydrogen) atoms. The van der Waals surface area contributed by atoms with E-state index in [0.717, 1.165) is 17.7 Å². The van der Waals surface area contributed by atoms with Crippen molar-refractivity contribution < 1.29 is 9.59 Å². The van der Waals surface area contributed by atoms with Gasteiger partial charge in [-0.15, -0.1) is 0 Å². The van der Waals surface area contributed by atoms with Crippen LogP contribution in [0.4, 0.5) is 0 Å². The fraction of sp³-hybridized carbons (Fsp3) is 0.444. The normalized spacial score (nSPS) is 20.5. The zero-order chi connectivity index (χ0) is 18.5. The lowest BCUT2D eigenvalue weighted by Gasteiger charge is -2.23. The van der Waals surface area contributed by atoms with Gasteiger partial charge in [0, 0.05) is 32.6 Å². The minimum absolute atomic E-state index is 0.0364. The minimum atomic E-state index is -0.220. The van der Waals surface area contributed by atoms with E-state index in [4.69, 9.17) is 5.73 Å². The highest BCUT2D eigenvalue weighted by molar-refractivity contribution is 5.80. The summed E-state index contributed by atoms with van der Waals surface area (Å²) in [5, 5.41) is 7.05. The Balaban J connectivity index is 1.56. The number of likely N-dealkylation sites (tertiary alicyclic amines) is 1. The van der Waals surface area contributed by atoms with Crippen LogP contribution in [-0.4, -0.2) is 50.6 Å². The molecule has 2 amide bonds. The molecule has 1 saturated heterocycles. The fourth-order valence-corrected chi connectivity index (χ4v) is 3.13. The Morgan fingerprint density at radius 2 is 2.00 bits per heavy atom. The molecule has 2 atom stereocenters. The van der Waals surface area contributed by atoms with Crippen LogP contribution >= 0.6 is 0 Å². The Hall–Kier alpha value is -2.74. The Morgan fingerprint density at radius 3 is 2.65 bits per heavy atom. The molecule has 8 nitrogen and oxygen atoms in total. The second-order valence-corrected chi connectivity index (χ2v) is 6.68. The van der Waals surface area contributed by atoms with Gasteiger partial charge < -0.3 is 16.0 Å². The lowest BCUT2D eigenvalue weighted by atomic mass is 10.0. The monoisotopic (exact) mass is 356 g/mol. The third-order valence-corrected chi connectivity index (χ3v) is 4.68. The van der Waals surface area contributed by atoms with Gasteiger partial charge in [0.05, 0.1) is 11.6 Å². The first-order valence-electron chi connectivity index (χ1n) is 8.75. The first kappa shape index (κ1) is 18.1. The molecule has 1 fully saturated rings.